The summed E-state index contributed by atoms with van der Waals surface area (Å²) in [6.07, 6.45) is 4.45. The summed E-state index contributed by atoms with van der Waals surface area (Å²) in [5.41, 5.74) is 6.95. The van der Waals surface area contributed by atoms with Crippen molar-refractivity contribution in [3.63, 3.8) is 0 Å². The van der Waals surface area contributed by atoms with Gasteiger partial charge in [0, 0.05) is 91.3 Å². The zero-order chi connectivity index (χ0) is 35.2. The van der Waals surface area contributed by atoms with E-state index in [9.17, 15) is 14.0 Å². The number of pyridine rings is 1. The van der Waals surface area contributed by atoms with E-state index in [0.29, 0.717) is 72.5 Å². The van der Waals surface area contributed by atoms with Crippen LogP contribution in [0.2, 0.25) is 5.02 Å². The van der Waals surface area contributed by atoms with Gasteiger partial charge in [0.05, 0.1) is 30.6 Å². The summed E-state index contributed by atoms with van der Waals surface area (Å²) in [4.78, 5) is 27.7. The van der Waals surface area contributed by atoms with E-state index in [1.807, 2.05) is 49.4 Å². The lowest BCUT2D eigenvalue weighted by atomic mass is 9.97. The van der Waals surface area contributed by atoms with Crippen molar-refractivity contribution in [3.05, 3.63) is 88.3 Å². The molecule has 12 heteroatoms. The highest BCUT2D eigenvalue weighted by atomic mass is 35.5. The van der Waals surface area contributed by atoms with E-state index >= 15 is 0 Å². The van der Waals surface area contributed by atoms with E-state index in [4.69, 9.17) is 21.1 Å². The molecule has 0 saturated carbocycles. The van der Waals surface area contributed by atoms with E-state index in [2.05, 4.69) is 31.6 Å². The zero-order valence-electron chi connectivity index (χ0n) is 28.4. The quantitative estimate of drug-likeness (QED) is 0.108. The van der Waals surface area contributed by atoms with Gasteiger partial charge in [-0.1, -0.05) is 35.9 Å². The molecule has 4 aromatic rings. The monoisotopic (exact) mass is 700 g/mol. The molecule has 0 bridgehead atoms. The maximum Gasteiger partial charge on any atom is 0.220 e. The molecule has 2 amide bonds. The Bertz CT molecular complexity index is 1890. The fraction of sp³-hybridized carbons (Fsp3) is 0.342. The number of amides is 2. The average Bonchev–Trinajstić information content (AvgIpc) is 3.72. The molecule has 0 aliphatic carbocycles. The molecule has 3 aromatic carbocycles. The van der Waals surface area contributed by atoms with Crippen molar-refractivity contribution in [2.24, 2.45) is 0 Å². The van der Waals surface area contributed by atoms with Crippen LogP contribution < -0.4 is 36.1 Å². The Balaban J connectivity index is 1.21. The predicted molar refractivity (Wildman–Crippen MR) is 193 cm³/mol. The second-order valence-corrected chi connectivity index (χ2v) is 13.0. The fourth-order valence-corrected chi connectivity index (χ4v) is 6.96. The van der Waals surface area contributed by atoms with Crippen LogP contribution >= 0.6 is 11.6 Å². The molecule has 50 heavy (non-hydrogen) atoms. The molecular weight excluding hydrogens is 659 g/mol. The van der Waals surface area contributed by atoms with Crippen LogP contribution in [-0.4, -0.2) is 56.2 Å². The molecule has 0 radical (unpaired) electrons. The number of anilines is 2. The first kappa shape index (κ1) is 35.1. The highest BCUT2D eigenvalue weighted by Crippen LogP contribution is 2.40. The molecule has 3 heterocycles. The first-order valence-electron chi connectivity index (χ1n) is 16.8. The van der Waals surface area contributed by atoms with E-state index in [1.54, 1.807) is 20.4 Å². The molecule has 2 aliphatic heterocycles. The molecule has 10 nitrogen and oxygen atoms in total. The third kappa shape index (κ3) is 8.01. The van der Waals surface area contributed by atoms with Crippen LogP contribution in [0, 0.1) is 12.7 Å². The highest BCUT2D eigenvalue weighted by Gasteiger charge is 2.22. The molecule has 0 unspecified atom stereocenters. The van der Waals surface area contributed by atoms with E-state index in [1.165, 1.54) is 12.1 Å². The summed E-state index contributed by atoms with van der Waals surface area (Å²) in [5.74, 6) is 0.998. The SMILES string of the molecule is COc1cc(-c2nccc(-c3cccc(Nc4cc(F)cc(CNC[C@H]5CCC(=O)N5)c4OC)c3C)c2Cl)ccc1CNC[C@H]1CCC(=O)N1. The minimum Gasteiger partial charge on any atom is -0.496 e. The average molecular weight is 701 g/mol. The summed E-state index contributed by atoms with van der Waals surface area (Å²) < 4.78 is 26.4. The second kappa shape index (κ2) is 15.9. The molecule has 262 valence electrons. The smallest absolute Gasteiger partial charge is 0.220 e. The summed E-state index contributed by atoms with van der Waals surface area (Å²) >= 11 is 7.09. The van der Waals surface area contributed by atoms with Gasteiger partial charge in [-0.15, -0.1) is 0 Å². The van der Waals surface area contributed by atoms with Crippen LogP contribution in [0.1, 0.15) is 42.4 Å². The number of rotatable bonds is 14. The van der Waals surface area contributed by atoms with Gasteiger partial charge in [0.1, 0.15) is 17.3 Å². The Labute approximate surface area is 296 Å². The van der Waals surface area contributed by atoms with Crippen molar-refractivity contribution in [3.8, 4) is 33.9 Å². The van der Waals surface area contributed by atoms with Gasteiger partial charge in [-0.25, -0.2) is 4.39 Å². The third-order valence-electron chi connectivity index (χ3n) is 9.26. The second-order valence-electron chi connectivity index (χ2n) is 12.7. The van der Waals surface area contributed by atoms with Crippen molar-refractivity contribution in [1.29, 1.82) is 0 Å². The van der Waals surface area contributed by atoms with Crippen molar-refractivity contribution in [2.45, 2.75) is 57.8 Å². The molecule has 2 aliphatic rings. The van der Waals surface area contributed by atoms with Crippen LogP contribution in [0.4, 0.5) is 15.8 Å². The molecule has 5 N–H and O–H groups in total. The number of hydrogen-bond donors (Lipinski definition) is 5. The largest absolute Gasteiger partial charge is 0.496 e. The summed E-state index contributed by atoms with van der Waals surface area (Å²) in [5, 5.41) is 16.5. The number of benzene rings is 3. The summed E-state index contributed by atoms with van der Waals surface area (Å²) in [6.45, 7) is 4.22. The Kier molecular flexibility index (Phi) is 11.2. The van der Waals surface area contributed by atoms with Crippen molar-refractivity contribution < 1.29 is 23.5 Å². The molecule has 2 saturated heterocycles. The third-order valence-corrected chi connectivity index (χ3v) is 9.64. The van der Waals surface area contributed by atoms with Gasteiger partial charge in [0.25, 0.3) is 0 Å². The number of carbonyl (C=O) groups is 2. The van der Waals surface area contributed by atoms with Gasteiger partial charge in [0.2, 0.25) is 11.8 Å². The first-order valence-corrected chi connectivity index (χ1v) is 17.2. The van der Waals surface area contributed by atoms with Crippen molar-refractivity contribution in [1.82, 2.24) is 26.3 Å². The zero-order valence-corrected chi connectivity index (χ0v) is 29.2. The number of nitrogens with zero attached hydrogens (tertiary/aromatic N) is 1. The molecule has 1 aromatic heterocycles. The van der Waals surface area contributed by atoms with Crippen LogP contribution in [-0.2, 0) is 22.7 Å². The van der Waals surface area contributed by atoms with Gasteiger partial charge in [-0.2, -0.15) is 0 Å². The molecule has 2 fully saturated rings. The Morgan fingerprint density at radius 1 is 0.860 bits per heavy atom. The lowest BCUT2D eigenvalue weighted by molar-refractivity contribution is -0.120. The number of nitrogens with one attached hydrogen (secondary N) is 5. The van der Waals surface area contributed by atoms with Crippen LogP contribution in [0.15, 0.2) is 60.8 Å². The minimum atomic E-state index is -0.394. The Hall–Kier alpha value is -4.71. The molecular formula is C38H42ClFN6O4. The first-order chi connectivity index (χ1) is 24.2. The number of ether oxygens (including phenoxy) is 2. The molecule has 2 atom stereocenters. The number of carbonyl (C=O) groups excluding carboxylic acids is 2. The molecule has 6 rings (SSSR count). The number of hydrogen-bond acceptors (Lipinski definition) is 8. The van der Waals surface area contributed by atoms with E-state index in [0.717, 1.165) is 46.3 Å². The van der Waals surface area contributed by atoms with Crippen molar-refractivity contribution in [2.75, 3.05) is 32.6 Å². The maximum absolute atomic E-state index is 14.9. The van der Waals surface area contributed by atoms with Gasteiger partial charge >= 0.3 is 0 Å². The van der Waals surface area contributed by atoms with Crippen LogP contribution in [0.3, 0.4) is 0 Å². The fourth-order valence-electron chi connectivity index (χ4n) is 6.64. The van der Waals surface area contributed by atoms with Crippen LogP contribution in [0.25, 0.3) is 22.4 Å². The van der Waals surface area contributed by atoms with Gasteiger partial charge in [0.15, 0.2) is 0 Å². The van der Waals surface area contributed by atoms with Gasteiger partial charge in [-0.3, -0.25) is 14.6 Å². The van der Waals surface area contributed by atoms with E-state index < -0.39 is 5.82 Å². The number of methoxy groups -OCH3 is 2. The van der Waals surface area contributed by atoms with E-state index in [-0.39, 0.29) is 23.9 Å². The standard InChI is InChI=1S/C38H42ClFN6O4/c1-22-29(5-4-6-31(22)46-32-17-26(40)15-25(38(32)50-3)19-42-21-28-10-12-35(48)45-28)30-13-14-43-37(36(30)39)23-7-8-24(33(16-23)49-2)18-41-20-27-9-11-34(47)44-27/h4-8,13-17,27-28,41-42,46H,9-12,18-21H2,1-3H3,(H,44,47)(H,45,48)/t27-,28-/m1/s1. The topological polar surface area (TPSA) is 126 Å². The predicted octanol–water partition coefficient (Wildman–Crippen LogP) is 6.01. The lowest BCUT2D eigenvalue weighted by Gasteiger charge is -2.19. The summed E-state index contributed by atoms with van der Waals surface area (Å²) in [7, 11) is 3.20. The number of aromatic nitrogens is 1. The lowest BCUT2D eigenvalue weighted by Crippen LogP contribution is -2.35. The normalized spacial score (nSPS) is 17.1. The maximum atomic E-state index is 14.9. The Morgan fingerprint density at radius 3 is 2.20 bits per heavy atom. The Morgan fingerprint density at radius 2 is 1.56 bits per heavy atom. The van der Waals surface area contributed by atoms with Gasteiger partial charge in [-0.05, 0) is 55.2 Å². The minimum absolute atomic E-state index is 0.0559. The highest BCUT2D eigenvalue weighted by molar-refractivity contribution is 6.35. The van der Waals surface area contributed by atoms with Gasteiger partial charge < -0.3 is 36.1 Å². The summed E-state index contributed by atoms with van der Waals surface area (Å²) in [6, 6.07) is 16.7. The molecule has 0 spiro atoms. The van der Waals surface area contributed by atoms with Crippen LogP contribution in [0.5, 0.6) is 11.5 Å². The number of halogens is 2. The van der Waals surface area contributed by atoms with Crippen molar-refractivity contribution >= 4 is 34.8 Å².